The summed E-state index contributed by atoms with van der Waals surface area (Å²) in [6.45, 7) is 3.48. The molecule has 2 saturated heterocycles. The van der Waals surface area contributed by atoms with Crippen molar-refractivity contribution in [3.8, 4) is 0 Å². The molecule has 1 saturated carbocycles. The van der Waals surface area contributed by atoms with E-state index >= 15 is 0 Å². The molecule has 1 spiro atoms. The van der Waals surface area contributed by atoms with E-state index in [-0.39, 0.29) is 0 Å². The van der Waals surface area contributed by atoms with E-state index in [9.17, 15) is 0 Å². The zero-order valence-corrected chi connectivity index (χ0v) is 10.1. The second-order valence-corrected chi connectivity index (χ2v) is 5.65. The van der Waals surface area contributed by atoms with E-state index in [1.807, 2.05) is 0 Å². The van der Waals surface area contributed by atoms with Crippen LogP contribution in [0.25, 0.3) is 0 Å². The van der Waals surface area contributed by atoms with Crippen LogP contribution in [0.15, 0.2) is 35.3 Å². The summed E-state index contributed by atoms with van der Waals surface area (Å²) in [6.07, 6.45) is 4.06. The highest BCUT2D eigenvalue weighted by Gasteiger charge is 2.61. The first-order valence-electron chi connectivity index (χ1n) is 6.72. The molecule has 2 heterocycles. The van der Waals surface area contributed by atoms with Crippen molar-refractivity contribution in [2.75, 3.05) is 13.1 Å². The topological polar surface area (TPSA) is 15.6 Å². The molecule has 4 rings (SSSR count). The fourth-order valence-corrected chi connectivity index (χ4v) is 3.64. The molecular formula is C15H18N2. The van der Waals surface area contributed by atoms with E-state index in [0.717, 1.165) is 12.5 Å². The maximum Gasteiger partial charge on any atom is 0.0640 e. The first-order valence-corrected chi connectivity index (χ1v) is 6.72. The fourth-order valence-electron chi connectivity index (χ4n) is 3.64. The quantitative estimate of drug-likeness (QED) is 0.756. The molecule has 1 aromatic carbocycles. The van der Waals surface area contributed by atoms with Crippen LogP contribution in [0.1, 0.15) is 24.8 Å². The summed E-state index contributed by atoms with van der Waals surface area (Å²) in [7, 11) is 0. The number of fused-ring (bicyclic) bond motifs is 3. The van der Waals surface area contributed by atoms with Gasteiger partial charge in [-0.1, -0.05) is 30.3 Å². The second-order valence-electron chi connectivity index (χ2n) is 5.65. The number of piperidine rings is 1. The van der Waals surface area contributed by atoms with Crippen molar-refractivity contribution in [1.82, 2.24) is 4.90 Å². The molecule has 88 valence electrons. The van der Waals surface area contributed by atoms with Crippen LogP contribution < -0.4 is 0 Å². The third-order valence-electron chi connectivity index (χ3n) is 4.66. The third kappa shape index (κ3) is 1.40. The Balaban J connectivity index is 1.59. The van der Waals surface area contributed by atoms with Crippen LogP contribution in [-0.2, 0) is 6.54 Å². The summed E-state index contributed by atoms with van der Waals surface area (Å²) in [5.41, 5.74) is 3.32. The summed E-state index contributed by atoms with van der Waals surface area (Å²) in [4.78, 5) is 7.65. The lowest BCUT2D eigenvalue weighted by molar-refractivity contribution is 0.299. The minimum atomic E-state index is 0.442. The number of aliphatic imine (C=N–C) groups is 1. The van der Waals surface area contributed by atoms with Gasteiger partial charge in [0, 0.05) is 18.2 Å². The Kier molecular flexibility index (Phi) is 1.98. The molecule has 2 atom stereocenters. The van der Waals surface area contributed by atoms with Crippen molar-refractivity contribution in [2.24, 2.45) is 10.9 Å². The van der Waals surface area contributed by atoms with Gasteiger partial charge in [-0.2, -0.15) is 0 Å². The number of hydrogen-bond acceptors (Lipinski definition) is 2. The van der Waals surface area contributed by atoms with Crippen LogP contribution in [0.5, 0.6) is 0 Å². The fraction of sp³-hybridized carbons (Fsp3) is 0.533. The van der Waals surface area contributed by atoms with E-state index in [1.165, 1.54) is 43.6 Å². The van der Waals surface area contributed by atoms with Crippen LogP contribution in [0.2, 0.25) is 0 Å². The second kappa shape index (κ2) is 3.42. The molecule has 2 nitrogen and oxygen atoms in total. The van der Waals surface area contributed by atoms with E-state index in [0.29, 0.717) is 5.54 Å². The number of rotatable bonds is 2. The number of nitrogens with zero attached hydrogens (tertiary/aromatic N) is 2. The predicted octanol–water partition coefficient (Wildman–Crippen LogP) is 2.50. The first kappa shape index (κ1) is 9.84. The van der Waals surface area contributed by atoms with Gasteiger partial charge in [-0.3, -0.25) is 9.89 Å². The highest BCUT2D eigenvalue weighted by molar-refractivity contribution is 6.01. The summed E-state index contributed by atoms with van der Waals surface area (Å²) < 4.78 is 0. The highest BCUT2D eigenvalue weighted by Crippen LogP contribution is 2.53. The molecule has 1 aromatic rings. The van der Waals surface area contributed by atoms with Crippen molar-refractivity contribution in [3.63, 3.8) is 0 Å². The van der Waals surface area contributed by atoms with Crippen LogP contribution in [0.3, 0.4) is 0 Å². The minimum absolute atomic E-state index is 0.442. The molecule has 3 aliphatic rings. The SMILES string of the molecule is c1ccc(C/N=C2/C3CCN(C3)C23CC3)cc1. The summed E-state index contributed by atoms with van der Waals surface area (Å²) in [5.74, 6) is 0.779. The van der Waals surface area contributed by atoms with E-state index in [2.05, 4.69) is 35.2 Å². The predicted molar refractivity (Wildman–Crippen MR) is 69.2 cm³/mol. The van der Waals surface area contributed by atoms with Crippen molar-refractivity contribution in [3.05, 3.63) is 35.9 Å². The number of benzene rings is 1. The Morgan fingerprint density at radius 2 is 2.06 bits per heavy atom. The van der Waals surface area contributed by atoms with Crippen molar-refractivity contribution in [1.29, 1.82) is 0 Å². The highest BCUT2D eigenvalue weighted by atomic mass is 15.3. The van der Waals surface area contributed by atoms with Crippen molar-refractivity contribution < 1.29 is 0 Å². The Hall–Kier alpha value is -1.15. The van der Waals surface area contributed by atoms with Crippen molar-refractivity contribution >= 4 is 5.71 Å². The van der Waals surface area contributed by atoms with Gasteiger partial charge >= 0.3 is 0 Å². The Morgan fingerprint density at radius 3 is 2.82 bits per heavy atom. The molecule has 2 bridgehead atoms. The summed E-state index contributed by atoms with van der Waals surface area (Å²) >= 11 is 0. The average Bonchev–Trinajstić information content (AvgIpc) is 2.90. The van der Waals surface area contributed by atoms with E-state index in [4.69, 9.17) is 4.99 Å². The van der Waals surface area contributed by atoms with Crippen LogP contribution >= 0.6 is 0 Å². The molecule has 1 aliphatic carbocycles. The largest absolute Gasteiger partial charge is 0.292 e. The lowest BCUT2D eigenvalue weighted by Gasteiger charge is -2.25. The molecule has 2 aliphatic heterocycles. The first-order chi connectivity index (χ1) is 8.38. The van der Waals surface area contributed by atoms with Crippen LogP contribution in [0, 0.1) is 5.92 Å². The van der Waals surface area contributed by atoms with Gasteiger partial charge in [0.1, 0.15) is 0 Å². The lowest BCUT2D eigenvalue weighted by atomic mass is 9.95. The van der Waals surface area contributed by atoms with Gasteiger partial charge in [-0.15, -0.1) is 0 Å². The standard InChI is InChI=1S/C15H18N2/c1-2-4-12(5-3-1)10-16-14-13-6-9-17(11-13)15(14)7-8-15/h1-5,13H,6-11H2/b16-14-. The minimum Gasteiger partial charge on any atom is -0.292 e. The molecule has 0 amide bonds. The van der Waals surface area contributed by atoms with Gasteiger partial charge in [-0.25, -0.2) is 0 Å². The molecule has 3 fully saturated rings. The van der Waals surface area contributed by atoms with Gasteiger partial charge in [0.15, 0.2) is 0 Å². The normalized spacial score (nSPS) is 34.7. The molecule has 0 aromatic heterocycles. The summed E-state index contributed by atoms with van der Waals surface area (Å²) in [5, 5.41) is 0. The van der Waals surface area contributed by atoms with Gasteiger partial charge in [0.05, 0.1) is 12.1 Å². The van der Waals surface area contributed by atoms with Gasteiger partial charge < -0.3 is 0 Å². The van der Waals surface area contributed by atoms with Crippen molar-refractivity contribution in [2.45, 2.75) is 31.3 Å². The maximum absolute atomic E-state index is 4.97. The maximum atomic E-state index is 4.97. The molecule has 2 heteroatoms. The number of hydrogen-bond donors (Lipinski definition) is 0. The van der Waals surface area contributed by atoms with Crippen LogP contribution in [-0.4, -0.2) is 29.2 Å². The third-order valence-corrected chi connectivity index (χ3v) is 4.66. The molecule has 0 N–H and O–H groups in total. The average molecular weight is 226 g/mol. The Bertz CT molecular complexity index is 459. The van der Waals surface area contributed by atoms with Gasteiger partial charge in [0.25, 0.3) is 0 Å². The molecule has 0 radical (unpaired) electrons. The van der Waals surface area contributed by atoms with Gasteiger partial charge in [0.2, 0.25) is 0 Å². The zero-order valence-electron chi connectivity index (χ0n) is 10.1. The monoisotopic (exact) mass is 226 g/mol. The Labute approximate surface area is 102 Å². The van der Waals surface area contributed by atoms with E-state index in [1.54, 1.807) is 0 Å². The molecular weight excluding hydrogens is 208 g/mol. The zero-order chi connectivity index (χ0) is 11.3. The molecule has 17 heavy (non-hydrogen) atoms. The van der Waals surface area contributed by atoms with E-state index < -0.39 is 0 Å². The van der Waals surface area contributed by atoms with Crippen LogP contribution in [0.4, 0.5) is 0 Å². The lowest BCUT2D eigenvalue weighted by Crippen LogP contribution is -2.38. The molecule has 2 unspecified atom stereocenters. The smallest absolute Gasteiger partial charge is 0.0640 e. The van der Waals surface area contributed by atoms with Gasteiger partial charge in [-0.05, 0) is 31.4 Å². The summed E-state index contributed by atoms with van der Waals surface area (Å²) in [6, 6.07) is 10.6. The Morgan fingerprint density at radius 1 is 1.24 bits per heavy atom.